The standard InChI is InChI=1S/C25H22N2O4S/c1-3-30-22-13-16(12-19-23(28)26-25(32)27-24(19)29)9-11-21(22)31-14-20-15(2)8-10-17-6-4-5-7-18(17)20/h4-13H,3,14H2,1-2H3,(H2,26,27,28,29,32). The normalized spacial score (nSPS) is 13.6. The highest BCUT2D eigenvalue weighted by Gasteiger charge is 2.25. The number of hydrogen-bond donors (Lipinski definition) is 2. The number of carbonyl (C=O) groups is 2. The molecular formula is C25H22N2O4S. The molecule has 1 saturated heterocycles. The molecule has 0 atom stereocenters. The molecule has 0 spiro atoms. The van der Waals surface area contributed by atoms with E-state index in [1.54, 1.807) is 18.2 Å². The third-order valence-corrected chi connectivity index (χ3v) is 5.37. The molecular weight excluding hydrogens is 424 g/mol. The minimum Gasteiger partial charge on any atom is -0.490 e. The summed E-state index contributed by atoms with van der Waals surface area (Å²) in [6, 6.07) is 17.7. The van der Waals surface area contributed by atoms with E-state index in [0.29, 0.717) is 30.3 Å². The molecule has 3 aromatic rings. The Labute approximate surface area is 191 Å². The summed E-state index contributed by atoms with van der Waals surface area (Å²) in [6.07, 6.45) is 1.49. The number of carbonyl (C=O) groups excluding carboxylic acids is 2. The van der Waals surface area contributed by atoms with Gasteiger partial charge >= 0.3 is 0 Å². The molecule has 6 nitrogen and oxygen atoms in total. The van der Waals surface area contributed by atoms with Gasteiger partial charge in [0, 0.05) is 5.56 Å². The monoisotopic (exact) mass is 446 g/mol. The Morgan fingerprint density at radius 2 is 1.69 bits per heavy atom. The number of aryl methyl sites for hydroxylation is 1. The maximum Gasteiger partial charge on any atom is 0.263 e. The van der Waals surface area contributed by atoms with E-state index in [0.717, 1.165) is 21.9 Å². The number of fused-ring (bicyclic) bond motifs is 1. The number of hydrogen-bond acceptors (Lipinski definition) is 5. The van der Waals surface area contributed by atoms with Crippen molar-refractivity contribution in [1.82, 2.24) is 10.6 Å². The van der Waals surface area contributed by atoms with Crippen LogP contribution < -0.4 is 20.1 Å². The zero-order chi connectivity index (χ0) is 22.7. The zero-order valence-corrected chi connectivity index (χ0v) is 18.5. The van der Waals surface area contributed by atoms with Crippen LogP contribution in [0.3, 0.4) is 0 Å². The largest absolute Gasteiger partial charge is 0.490 e. The Bertz CT molecular complexity index is 1240. The van der Waals surface area contributed by atoms with E-state index >= 15 is 0 Å². The first-order valence-corrected chi connectivity index (χ1v) is 10.6. The van der Waals surface area contributed by atoms with Crippen molar-refractivity contribution in [3.05, 3.63) is 76.9 Å². The van der Waals surface area contributed by atoms with E-state index in [1.165, 1.54) is 6.08 Å². The highest BCUT2D eigenvalue weighted by Crippen LogP contribution is 2.31. The topological polar surface area (TPSA) is 76.7 Å². The first-order chi connectivity index (χ1) is 15.5. The molecule has 3 aromatic carbocycles. The Balaban J connectivity index is 1.61. The van der Waals surface area contributed by atoms with Crippen molar-refractivity contribution >= 4 is 46.0 Å². The second-order valence-corrected chi connectivity index (χ2v) is 7.71. The van der Waals surface area contributed by atoms with Gasteiger partial charge in [0.1, 0.15) is 12.2 Å². The molecule has 7 heteroatoms. The maximum atomic E-state index is 12.1. The van der Waals surface area contributed by atoms with Gasteiger partial charge in [-0.05, 0) is 66.2 Å². The Morgan fingerprint density at radius 3 is 2.44 bits per heavy atom. The quantitative estimate of drug-likeness (QED) is 0.340. The van der Waals surface area contributed by atoms with E-state index in [-0.39, 0.29) is 10.7 Å². The van der Waals surface area contributed by atoms with E-state index in [2.05, 4.69) is 41.8 Å². The lowest BCUT2D eigenvalue weighted by Gasteiger charge is -2.17. The Kier molecular flexibility index (Phi) is 6.18. The number of thiocarbonyl (C=S) groups is 1. The molecule has 0 bridgehead atoms. The number of nitrogens with one attached hydrogen (secondary N) is 2. The molecule has 0 radical (unpaired) electrons. The Morgan fingerprint density at radius 1 is 0.938 bits per heavy atom. The second kappa shape index (κ2) is 9.20. The van der Waals surface area contributed by atoms with Crippen LogP contribution in [0.2, 0.25) is 0 Å². The van der Waals surface area contributed by atoms with Gasteiger partial charge in [0.25, 0.3) is 11.8 Å². The van der Waals surface area contributed by atoms with E-state index < -0.39 is 11.8 Å². The zero-order valence-electron chi connectivity index (χ0n) is 17.7. The van der Waals surface area contributed by atoms with Crippen LogP contribution in [0.25, 0.3) is 16.8 Å². The van der Waals surface area contributed by atoms with Crippen LogP contribution in [0.15, 0.2) is 60.2 Å². The van der Waals surface area contributed by atoms with Crippen molar-refractivity contribution in [3.63, 3.8) is 0 Å². The molecule has 162 valence electrons. The van der Waals surface area contributed by atoms with Crippen LogP contribution >= 0.6 is 12.2 Å². The lowest BCUT2D eigenvalue weighted by Crippen LogP contribution is -2.51. The molecule has 1 aliphatic heterocycles. The van der Waals surface area contributed by atoms with Crippen LogP contribution in [-0.2, 0) is 16.2 Å². The molecule has 1 fully saturated rings. The average molecular weight is 447 g/mol. The third-order valence-electron chi connectivity index (χ3n) is 5.17. The lowest BCUT2D eigenvalue weighted by atomic mass is 10.0. The minimum absolute atomic E-state index is 0.000340. The van der Waals surface area contributed by atoms with Crippen molar-refractivity contribution in [3.8, 4) is 11.5 Å². The van der Waals surface area contributed by atoms with Crippen LogP contribution in [0.5, 0.6) is 11.5 Å². The van der Waals surface area contributed by atoms with E-state index in [9.17, 15) is 9.59 Å². The first-order valence-electron chi connectivity index (χ1n) is 10.2. The number of benzene rings is 3. The van der Waals surface area contributed by atoms with Crippen molar-refractivity contribution in [2.45, 2.75) is 20.5 Å². The first kappa shape index (κ1) is 21.5. The number of rotatable bonds is 6. The summed E-state index contributed by atoms with van der Waals surface area (Å²) in [5.74, 6) is 0.0406. The fourth-order valence-corrected chi connectivity index (χ4v) is 3.75. The molecule has 0 aliphatic carbocycles. The molecule has 2 amide bonds. The van der Waals surface area contributed by atoms with Gasteiger partial charge in [0.2, 0.25) is 0 Å². The SMILES string of the molecule is CCOc1cc(C=C2C(=O)NC(=S)NC2=O)ccc1OCc1c(C)ccc2ccccc12. The summed E-state index contributed by atoms with van der Waals surface area (Å²) in [4.78, 5) is 24.2. The molecule has 1 heterocycles. The van der Waals surface area contributed by atoms with Gasteiger partial charge in [-0.25, -0.2) is 0 Å². The molecule has 4 rings (SSSR count). The van der Waals surface area contributed by atoms with Crippen LogP contribution in [0.4, 0.5) is 0 Å². The predicted octanol–water partition coefficient (Wildman–Crippen LogP) is 4.04. The summed E-state index contributed by atoms with van der Waals surface area (Å²) >= 11 is 4.83. The van der Waals surface area contributed by atoms with Crippen molar-refractivity contribution in [1.29, 1.82) is 0 Å². The van der Waals surface area contributed by atoms with E-state index in [1.807, 2.05) is 19.1 Å². The smallest absolute Gasteiger partial charge is 0.263 e. The second-order valence-electron chi connectivity index (χ2n) is 7.31. The highest BCUT2D eigenvalue weighted by molar-refractivity contribution is 7.80. The number of ether oxygens (including phenoxy) is 2. The van der Waals surface area contributed by atoms with Gasteiger partial charge in [0.15, 0.2) is 16.6 Å². The summed E-state index contributed by atoms with van der Waals surface area (Å²) in [5.41, 5.74) is 2.87. The third kappa shape index (κ3) is 4.48. The Hall–Kier alpha value is -3.71. The number of amides is 2. The molecule has 1 aliphatic rings. The summed E-state index contributed by atoms with van der Waals surface area (Å²) in [6.45, 7) is 4.78. The highest BCUT2D eigenvalue weighted by atomic mass is 32.1. The van der Waals surface area contributed by atoms with Crippen LogP contribution in [-0.4, -0.2) is 23.5 Å². The summed E-state index contributed by atoms with van der Waals surface area (Å²) in [5, 5.41) is 7.16. The fraction of sp³-hybridized carbons (Fsp3) is 0.160. The molecule has 2 N–H and O–H groups in total. The molecule has 32 heavy (non-hydrogen) atoms. The average Bonchev–Trinajstić information content (AvgIpc) is 2.77. The van der Waals surface area contributed by atoms with Crippen molar-refractivity contribution in [2.24, 2.45) is 0 Å². The van der Waals surface area contributed by atoms with Crippen LogP contribution in [0, 0.1) is 6.92 Å². The minimum atomic E-state index is -0.538. The van der Waals surface area contributed by atoms with Gasteiger partial charge in [-0.1, -0.05) is 42.5 Å². The molecule has 0 aromatic heterocycles. The van der Waals surface area contributed by atoms with Crippen molar-refractivity contribution in [2.75, 3.05) is 6.61 Å². The summed E-state index contributed by atoms with van der Waals surface area (Å²) in [7, 11) is 0. The fourth-order valence-electron chi connectivity index (χ4n) is 3.56. The van der Waals surface area contributed by atoms with Gasteiger partial charge in [-0.15, -0.1) is 0 Å². The lowest BCUT2D eigenvalue weighted by molar-refractivity contribution is -0.123. The molecule has 0 unspecified atom stereocenters. The van der Waals surface area contributed by atoms with E-state index in [4.69, 9.17) is 21.7 Å². The van der Waals surface area contributed by atoms with Gasteiger partial charge in [0.05, 0.1) is 6.61 Å². The summed E-state index contributed by atoms with van der Waals surface area (Å²) < 4.78 is 11.9. The van der Waals surface area contributed by atoms with Gasteiger partial charge in [-0.2, -0.15) is 0 Å². The van der Waals surface area contributed by atoms with Gasteiger partial charge in [-0.3, -0.25) is 20.2 Å². The van der Waals surface area contributed by atoms with Gasteiger partial charge < -0.3 is 9.47 Å². The predicted molar refractivity (Wildman–Crippen MR) is 127 cm³/mol. The maximum absolute atomic E-state index is 12.1. The van der Waals surface area contributed by atoms with Crippen molar-refractivity contribution < 1.29 is 19.1 Å². The van der Waals surface area contributed by atoms with Crippen LogP contribution in [0.1, 0.15) is 23.6 Å². The molecule has 0 saturated carbocycles.